The highest BCUT2D eigenvalue weighted by Gasteiger charge is 2.25. The molecule has 1 heterocycles. The lowest BCUT2D eigenvalue weighted by molar-refractivity contribution is 0.324. The topological polar surface area (TPSA) is 64.3 Å². The number of anilines is 1. The first kappa shape index (κ1) is 15.0. The van der Waals surface area contributed by atoms with Gasteiger partial charge in [0.15, 0.2) is 5.82 Å². The van der Waals surface area contributed by atoms with Crippen molar-refractivity contribution in [1.82, 2.24) is 9.97 Å². The van der Waals surface area contributed by atoms with Gasteiger partial charge < -0.3 is 15.4 Å². The molecule has 1 aromatic rings. The summed E-state index contributed by atoms with van der Waals surface area (Å²) < 4.78 is 5.46. The molecule has 1 aliphatic rings. The fourth-order valence-corrected chi connectivity index (χ4v) is 2.83. The summed E-state index contributed by atoms with van der Waals surface area (Å²) in [6.45, 7) is 5.77. The van der Waals surface area contributed by atoms with Gasteiger partial charge in [0, 0.05) is 18.6 Å². The summed E-state index contributed by atoms with van der Waals surface area (Å²) in [6.07, 6.45) is 9.10. The predicted molar refractivity (Wildman–Crippen MR) is 81.1 cm³/mol. The van der Waals surface area contributed by atoms with Crippen molar-refractivity contribution in [2.75, 3.05) is 18.1 Å². The molecule has 1 aromatic heterocycles. The second kappa shape index (κ2) is 7.43. The van der Waals surface area contributed by atoms with Crippen molar-refractivity contribution in [2.24, 2.45) is 5.73 Å². The number of ether oxygens (including phenoxy) is 1. The number of hydrogen-bond acceptors (Lipinski definition) is 5. The van der Waals surface area contributed by atoms with E-state index in [1.54, 1.807) is 6.20 Å². The van der Waals surface area contributed by atoms with Crippen LogP contribution in [0.15, 0.2) is 12.4 Å². The normalized spacial score (nSPS) is 22.6. The van der Waals surface area contributed by atoms with Crippen LogP contribution in [0.1, 0.15) is 46.0 Å². The van der Waals surface area contributed by atoms with Crippen molar-refractivity contribution in [3.63, 3.8) is 0 Å². The molecule has 5 heteroatoms. The molecule has 1 saturated carbocycles. The largest absolute Gasteiger partial charge is 0.477 e. The third-order valence-electron chi connectivity index (χ3n) is 3.83. The van der Waals surface area contributed by atoms with Crippen LogP contribution in [-0.2, 0) is 0 Å². The van der Waals surface area contributed by atoms with Gasteiger partial charge >= 0.3 is 0 Å². The highest BCUT2D eigenvalue weighted by atomic mass is 16.5. The van der Waals surface area contributed by atoms with E-state index in [0.29, 0.717) is 24.6 Å². The fourth-order valence-electron chi connectivity index (χ4n) is 2.83. The van der Waals surface area contributed by atoms with Crippen LogP contribution in [0.25, 0.3) is 0 Å². The van der Waals surface area contributed by atoms with Crippen LogP contribution in [-0.4, -0.2) is 35.2 Å². The minimum absolute atomic E-state index is 0.371. The molecule has 0 atom stereocenters. The molecule has 0 bridgehead atoms. The maximum absolute atomic E-state index is 6.01. The molecule has 0 spiro atoms. The molecule has 5 nitrogen and oxygen atoms in total. The Bertz CT molecular complexity index is 405. The highest BCUT2D eigenvalue weighted by Crippen LogP contribution is 2.26. The van der Waals surface area contributed by atoms with Crippen LogP contribution in [0.4, 0.5) is 5.82 Å². The maximum Gasteiger partial charge on any atom is 0.234 e. The van der Waals surface area contributed by atoms with Crippen LogP contribution >= 0.6 is 0 Å². The summed E-state index contributed by atoms with van der Waals surface area (Å²) in [6, 6.07) is 0.900. The van der Waals surface area contributed by atoms with E-state index in [-0.39, 0.29) is 0 Å². The molecule has 1 aliphatic carbocycles. The summed E-state index contributed by atoms with van der Waals surface area (Å²) in [5.41, 5.74) is 6.01. The SMILES string of the molecule is CCCN(c1cncc(OCC)n1)C1CCC(N)CC1. The monoisotopic (exact) mass is 278 g/mol. The van der Waals surface area contributed by atoms with Gasteiger partial charge in [-0.25, -0.2) is 0 Å². The smallest absolute Gasteiger partial charge is 0.234 e. The van der Waals surface area contributed by atoms with Gasteiger partial charge in [0.1, 0.15) is 0 Å². The lowest BCUT2D eigenvalue weighted by atomic mass is 9.90. The Kier molecular flexibility index (Phi) is 5.59. The van der Waals surface area contributed by atoms with Gasteiger partial charge in [-0.1, -0.05) is 6.92 Å². The van der Waals surface area contributed by atoms with Crippen molar-refractivity contribution in [2.45, 2.75) is 58.0 Å². The van der Waals surface area contributed by atoms with E-state index in [0.717, 1.165) is 44.5 Å². The summed E-state index contributed by atoms with van der Waals surface area (Å²) >= 11 is 0. The van der Waals surface area contributed by atoms with Gasteiger partial charge in [-0.3, -0.25) is 4.98 Å². The lowest BCUT2D eigenvalue weighted by Crippen LogP contribution is -2.41. The maximum atomic E-state index is 6.01. The zero-order valence-electron chi connectivity index (χ0n) is 12.6. The molecule has 0 aromatic carbocycles. The molecule has 0 saturated heterocycles. The first-order valence-corrected chi connectivity index (χ1v) is 7.71. The van der Waals surface area contributed by atoms with Crippen LogP contribution < -0.4 is 15.4 Å². The number of aromatic nitrogens is 2. The van der Waals surface area contributed by atoms with Crippen LogP contribution in [0, 0.1) is 0 Å². The second-order valence-corrected chi connectivity index (χ2v) is 5.41. The molecule has 1 fully saturated rings. The van der Waals surface area contributed by atoms with Crippen molar-refractivity contribution in [3.8, 4) is 5.88 Å². The predicted octanol–water partition coefficient (Wildman–Crippen LogP) is 2.36. The van der Waals surface area contributed by atoms with Crippen molar-refractivity contribution in [1.29, 1.82) is 0 Å². The third kappa shape index (κ3) is 3.82. The Morgan fingerprint density at radius 2 is 2.00 bits per heavy atom. The summed E-state index contributed by atoms with van der Waals surface area (Å²) in [4.78, 5) is 11.2. The lowest BCUT2D eigenvalue weighted by Gasteiger charge is -2.36. The van der Waals surface area contributed by atoms with Crippen LogP contribution in [0.3, 0.4) is 0 Å². The van der Waals surface area contributed by atoms with Crippen molar-refractivity contribution < 1.29 is 4.74 Å². The minimum Gasteiger partial charge on any atom is -0.477 e. The average Bonchev–Trinajstić information content (AvgIpc) is 2.47. The molecule has 2 rings (SSSR count). The first-order chi connectivity index (χ1) is 9.74. The van der Waals surface area contributed by atoms with E-state index in [1.165, 1.54) is 0 Å². The molecule has 0 unspecified atom stereocenters. The second-order valence-electron chi connectivity index (χ2n) is 5.41. The highest BCUT2D eigenvalue weighted by molar-refractivity contribution is 5.39. The number of rotatable bonds is 6. The Morgan fingerprint density at radius 1 is 1.25 bits per heavy atom. The third-order valence-corrected chi connectivity index (χ3v) is 3.83. The molecule has 2 N–H and O–H groups in total. The molecule has 0 amide bonds. The quantitative estimate of drug-likeness (QED) is 0.865. The van der Waals surface area contributed by atoms with Gasteiger partial charge in [0.2, 0.25) is 5.88 Å². The zero-order chi connectivity index (χ0) is 14.4. The van der Waals surface area contributed by atoms with Crippen LogP contribution in [0.5, 0.6) is 5.88 Å². The van der Waals surface area contributed by atoms with E-state index < -0.39 is 0 Å². The Hall–Kier alpha value is -1.36. The molecule has 0 radical (unpaired) electrons. The fraction of sp³-hybridized carbons (Fsp3) is 0.733. The Labute approximate surface area is 121 Å². The molecule has 0 aliphatic heterocycles. The Morgan fingerprint density at radius 3 is 2.65 bits per heavy atom. The van der Waals surface area contributed by atoms with Crippen molar-refractivity contribution >= 4 is 5.82 Å². The molecule has 20 heavy (non-hydrogen) atoms. The standard InChI is InChI=1S/C15H26N4O/c1-3-9-19(13-7-5-12(16)6-8-13)14-10-17-11-15(18-14)20-4-2/h10-13H,3-9,16H2,1-2H3. The molecular formula is C15H26N4O. The van der Waals surface area contributed by atoms with Crippen LogP contribution in [0.2, 0.25) is 0 Å². The van der Waals surface area contributed by atoms with E-state index >= 15 is 0 Å². The number of hydrogen-bond donors (Lipinski definition) is 1. The van der Waals surface area contributed by atoms with Crippen molar-refractivity contribution in [3.05, 3.63) is 12.4 Å². The van der Waals surface area contributed by atoms with E-state index in [2.05, 4.69) is 21.8 Å². The zero-order valence-corrected chi connectivity index (χ0v) is 12.6. The summed E-state index contributed by atoms with van der Waals surface area (Å²) in [5.74, 6) is 1.54. The van der Waals surface area contributed by atoms with Gasteiger partial charge in [-0.2, -0.15) is 4.98 Å². The molecular weight excluding hydrogens is 252 g/mol. The van der Waals surface area contributed by atoms with E-state index in [4.69, 9.17) is 10.5 Å². The molecule has 112 valence electrons. The minimum atomic E-state index is 0.371. The summed E-state index contributed by atoms with van der Waals surface area (Å²) in [5, 5.41) is 0. The van der Waals surface area contributed by atoms with E-state index in [9.17, 15) is 0 Å². The Balaban J connectivity index is 2.12. The average molecular weight is 278 g/mol. The summed E-state index contributed by atoms with van der Waals surface area (Å²) in [7, 11) is 0. The van der Waals surface area contributed by atoms with E-state index in [1.807, 2.05) is 13.1 Å². The number of nitrogens with two attached hydrogens (primary N) is 1. The first-order valence-electron chi connectivity index (χ1n) is 7.71. The van der Waals surface area contributed by atoms with Gasteiger partial charge in [-0.05, 0) is 39.0 Å². The van der Waals surface area contributed by atoms with Gasteiger partial charge in [-0.15, -0.1) is 0 Å². The van der Waals surface area contributed by atoms with Gasteiger partial charge in [0.25, 0.3) is 0 Å². The number of nitrogens with zero attached hydrogens (tertiary/aromatic N) is 3. The van der Waals surface area contributed by atoms with Gasteiger partial charge in [0.05, 0.1) is 19.0 Å².